The number of nitrogens with one attached hydrogen (secondary N) is 2. The van der Waals surface area contributed by atoms with E-state index < -0.39 is 22.4 Å². The van der Waals surface area contributed by atoms with Crippen LogP contribution in [0.15, 0.2) is 42.0 Å². The maximum atomic E-state index is 12.0. The van der Waals surface area contributed by atoms with Crippen molar-refractivity contribution in [2.24, 2.45) is 0 Å². The third-order valence-corrected chi connectivity index (χ3v) is 4.86. The Kier molecular flexibility index (Phi) is 7.52. The summed E-state index contributed by atoms with van der Waals surface area (Å²) in [4.78, 5) is 16.5. The number of aromatic nitrogens is 1. The number of amides is 1. The van der Waals surface area contributed by atoms with Crippen LogP contribution in [0.1, 0.15) is 29.2 Å². The molecule has 2 rings (SSSR count). The van der Waals surface area contributed by atoms with Gasteiger partial charge in [0.2, 0.25) is 0 Å². The number of carbonyl (C=O) groups excluding carboxylic acids is 1. The molecule has 1 atom stereocenters. The number of thiazole rings is 1. The number of carbonyl (C=O) groups is 1. The molecular formula is C17H21N3O6S2. The van der Waals surface area contributed by atoms with Gasteiger partial charge in [0.05, 0.1) is 29.8 Å². The average Bonchev–Trinajstić information content (AvgIpc) is 3.03. The fraction of sp³-hybridized carbons (Fsp3) is 0.294. The molecule has 0 bridgehead atoms. The molecule has 1 aromatic heterocycles. The van der Waals surface area contributed by atoms with Gasteiger partial charge in [0.1, 0.15) is 5.01 Å². The average molecular weight is 428 g/mol. The third-order valence-electron chi connectivity index (χ3n) is 3.36. The van der Waals surface area contributed by atoms with Gasteiger partial charge in [0.25, 0.3) is 0 Å². The van der Waals surface area contributed by atoms with E-state index in [4.69, 9.17) is 14.0 Å². The van der Waals surface area contributed by atoms with E-state index in [1.165, 1.54) is 23.5 Å². The van der Waals surface area contributed by atoms with Crippen molar-refractivity contribution in [3.8, 4) is 0 Å². The van der Waals surface area contributed by atoms with E-state index in [0.29, 0.717) is 18.0 Å². The van der Waals surface area contributed by atoms with Crippen molar-refractivity contribution in [1.29, 1.82) is 0 Å². The zero-order valence-corrected chi connectivity index (χ0v) is 17.0. The molecule has 0 aliphatic carbocycles. The number of ether oxygens (including phenoxy) is 2. The molecule has 0 aliphatic heterocycles. The molecule has 1 heterocycles. The minimum Gasteiger partial charge on any atom is -0.416 e. The number of alkyl carbamates (subject to hydrolysis) is 1. The summed E-state index contributed by atoms with van der Waals surface area (Å²) in [5.41, 5.74) is 1.77. The normalized spacial score (nSPS) is 12.2. The number of allylic oxidation sites excluding steroid dienone is 1. The molecule has 28 heavy (non-hydrogen) atoms. The minimum atomic E-state index is -4.34. The van der Waals surface area contributed by atoms with Gasteiger partial charge in [0, 0.05) is 12.5 Å². The smallest absolute Gasteiger partial charge is 0.412 e. The van der Waals surface area contributed by atoms with Gasteiger partial charge in [-0.3, -0.25) is 9.27 Å². The molecule has 0 saturated carbocycles. The lowest BCUT2D eigenvalue weighted by Crippen LogP contribution is -2.30. The van der Waals surface area contributed by atoms with Crippen molar-refractivity contribution in [3.63, 3.8) is 0 Å². The largest absolute Gasteiger partial charge is 0.416 e. The highest BCUT2D eigenvalue weighted by Crippen LogP contribution is 2.24. The van der Waals surface area contributed by atoms with Gasteiger partial charge in [-0.25, -0.2) is 9.78 Å². The van der Waals surface area contributed by atoms with Crippen LogP contribution in [0.4, 0.5) is 10.5 Å². The Morgan fingerprint density at radius 2 is 2.04 bits per heavy atom. The summed E-state index contributed by atoms with van der Waals surface area (Å²) in [6.45, 7) is 5.46. The lowest BCUT2D eigenvalue weighted by atomic mass is 10.1. The first kappa shape index (κ1) is 21.8. The van der Waals surface area contributed by atoms with E-state index in [9.17, 15) is 13.2 Å². The van der Waals surface area contributed by atoms with E-state index in [-0.39, 0.29) is 11.4 Å². The number of nitrogens with zero attached hydrogens (tertiary/aromatic N) is 1. The van der Waals surface area contributed by atoms with E-state index in [2.05, 4.69) is 16.9 Å². The Morgan fingerprint density at radius 1 is 1.36 bits per heavy atom. The molecule has 0 saturated heterocycles. The van der Waals surface area contributed by atoms with E-state index in [1.54, 1.807) is 26.2 Å². The summed E-state index contributed by atoms with van der Waals surface area (Å²) in [5, 5.41) is 5.27. The molecule has 152 valence electrons. The van der Waals surface area contributed by atoms with Gasteiger partial charge in [-0.1, -0.05) is 18.7 Å². The highest BCUT2D eigenvalue weighted by atomic mass is 32.2. The van der Waals surface area contributed by atoms with E-state index in [1.807, 2.05) is 10.1 Å². The SMILES string of the molecule is C=C(C)OC(=O)N[C@@H](Cc1ccc(NS(=O)(=O)O)cc1)c1nc(COC)cs1. The maximum Gasteiger partial charge on any atom is 0.412 e. The third kappa shape index (κ3) is 7.27. The quantitative estimate of drug-likeness (QED) is 0.415. The topological polar surface area (TPSA) is 127 Å². The summed E-state index contributed by atoms with van der Waals surface area (Å²) < 4.78 is 42.6. The Morgan fingerprint density at radius 3 is 2.61 bits per heavy atom. The number of benzene rings is 1. The monoisotopic (exact) mass is 427 g/mol. The molecule has 1 amide bonds. The standard InChI is InChI=1S/C17H21N3O6S2/c1-11(2)26-17(21)19-15(16-18-14(9-25-3)10-27-16)8-12-4-6-13(7-5-12)20-28(22,23)24/h4-7,10,15,20H,1,8-9H2,2-3H3,(H,19,21)(H,22,23,24)/t15-/m0/s1. The predicted molar refractivity (Wildman–Crippen MR) is 105 cm³/mol. The van der Waals surface area contributed by atoms with E-state index in [0.717, 1.165) is 11.3 Å². The summed E-state index contributed by atoms with van der Waals surface area (Å²) in [6, 6.07) is 5.89. The van der Waals surface area contributed by atoms with Crippen molar-refractivity contribution in [1.82, 2.24) is 10.3 Å². The molecular weight excluding hydrogens is 406 g/mol. The van der Waals surface area contributed by atoms with Crippen LogP contribution in [0.5, 0.6) is 0 Å². The summed E-state index contributed by atoms with van der Waals surface area (Å²) in [5.74, 6) is 0.260. The van der Waals surface area contributed by atoms with Crippen molar-refractivity contribution < 1.29 is 27.2 Å². The molecule has 0 unspecified atom stereocenters. The summed E-state index contributed by atoms with van der Waals surface area (Å²) in [7, 11) is -2.77. The number of rotatable bonds is 9. The fourth-order valence-electron chi connectivity index (χ4n) is 2.32. The molecule has 11 heteroatoms. The summed E-state index contributed by atoms with van der Waals surface area (Å²) in [6.07, 6.45) is -0.261. The molecule has 0 aliphatic rings. The van der Waals surface area contributed by atoms with Crippen LogP contribution in [0.3, 0.4) is 0 Å². The van der Waals surface area contributed by atoms with Gasteiger partial charge < -0.3 is 14.8 Å². The predicted octanol–water partition coefficient (Wildman–Crippen LogP) is 3.05. The van der Waals surface area contributed by atoms with Gasteiger partial charge in [-0.05, 0) is 31.0 Å². The van der Waals surface area contributed by atoms with Crippen LogP contribution >= 0.6 is 11.3 Å². The maximum absolute atomic E-state index is 12.0. The molecule has 0 fully saturated rings. The number of hydrogen-bond acceptors (Lipinski definition) is 7. The molecule has 1 aromatic carbocycles. The number of methoxy groups -OCH3 is 1. The van der Waals surface area contributed by atoms with Gasteiger partial charge in [-0.15, -0.1) is 11.3 Å². The first-order chi connectivity index (χ1) is 13.2. The van der Waals surface area contributed by atoms with Gasteiger partial charge in [0.15, 0.2) is 0 Å². The second-order valence-corrected chi connectivity index (χ2v) is 7.92. The van der Waals surface area contributed by atoms with Crippen LogP contribution in [0, 0.1) is 0 Å². The van der Waals surface area contributed by atoms with Crippen LogP contribution in [0.2, 0.25) is 0 Å². The Labute approximate surface area is 167 Å². The molecule has 0 radical (unpaired) electrons. The summed E-state index contributed by atoms with van der Waals surface area (Å²) >= 11 is 1.38. The van der Waals surface area contributed by atoms with E-state index >= 15 is 0 Å². The van der Waals surface area contributed by atoms with Crippen LogP contribution in [-0.4, -0.2) is 31.2 Å². The first-order valence-electron chi connectivity index (χ1n) is 8.07. The van der Waals surface area contributed by atoms with Crippen molar-refractivity contribution in [2.45, 2.75) is 26.0 Å². The lowest BCUT2D eigenvalue weighted by molar-refractivity contribution is 0.172. The lowest BCUT2D eigenvalue weighted by Gasteiger charge is -2.17. The van der Waals surface area contributed by atoms with Crippen molar-refractivity contribution >= 4 is 33.4 Å². The van der Waals surface area contributed by atoms with Crippen LogP contribution < -0.4 is 10.0 Å². The highest BCUT2D eigenvalue weighted by molar-refractivity contribution is 7.87. The van der Waals surface area contributed by atoms with Gasteiger partial charge >= 0.3 is 16.4 Å². The zero-order valence-electron chi connectivity index (χ0n) is 15.3. The van der Waals surface area contributed by atoms with Crippen LogP contribution in [0.25, 0.3) is 0 Å². The minimum absolute atomic E-state index is 0.217. The first-order valence-corrected chi connectivity index (χ1v) is 10.4. The Bertz CT molecular complexity index is 925. The second-order valence-electron chi connectivity index (χ2n) is 5.88. The van der Waals surface area contributed by atoms with Crippen molar-refractivity contribution in [2.75, 3.05) is 11.8 Å². The molecule has 3 N–H and O–H groups in total. The molecule has 9 nitrogen and oxygen atoms in total. The highest BCUT2D eigenvalue weighted by Gasteiger charge is 2.20. The molecule has 0 spiro atoms. The number of hydrogen-bond donors (Lipinski definition) is 3. The van der Waals surface area contributed by atoms with Gasteiger partial charge in [-0.2, -0.15) is 8.42 Å². The Hall–Kier alpha value is -2.47. The van der Waals surface area contributed by atoms with Crippen molar-refractivity contribution in [3.05, 3.63) is 58.2 Å². The molecule has 2 aromatic rings. The Balaban J connectivity index is 2.18. The number of anilines is 1. The zero-order chi connectivity index (χ0) is 20.7. The second kappa shape index (κ2) is 9.64. The van der Waals surface area contributed by atoms with Crippen LogP contribution in [-0.2, 0) is 32.8 Å². The fourth-order valence-corrected chi connectivity index (χ4v) is 3.61.